The van der Waals surface area contributed by atoms with Crippen LogP contribution in [0, 0.1) is 0 Å². The highest BCUT2D eigenvalue weighted by Gasteiger charge is 2.09. The van der Waals surface area contributed by atoms with Gasteiger partial charge in [-0.1, -0.05) is 15.9 Å². The lowest BCUT2D eigenvalue weighted by Gasteiger charge is -2.04. The Kier molecular flexibility index (Phi) is 4.02. The summed E-state index contributed by atoms with van der Waals surface area (Å²) in [6.45, 7) is 2.83. The van der Waals surface area contributed by atoms with Crippen LogP contribution in [-0.2, 0) is 23.1 Å². The molecule has 6 nitrogen and oxygen atoms in total. The van der Waals surface area contributed by atoms with Crippen molar-refractivity contribution in [3.63, 3.8) is 0 Å². The van der Waals surface area contributed by atoms with Crippen molar-refractivity contribution in [2.45, 2.75) is 20.0 Å². The van der Waals surface area contributed by atoms with Crippen molar-refractivity contribution >= 4 is 26.0 Å². The second kappa shape index (κ2) is 4.85. The van der Waals surface area contributed by atoms with E-state index in [9.17, 15) is 8.42 Å². The van der Waals surface area contributed by atoms with Gasteiger partial charge in [0.05, 0.1) is 6.54 Å². The normalized spacial score (nSPS) is 11.9. The van der Waals surface area contributed by atoms with Crippen molar-refractivity contribution in [3.8, 4) is 0 Å². The highest BCUT2D eigenvalue weighted by molar-refractivity contribution is 9.10. The molecule has 0 aliphatic rings. The summed E-state index contributed by atoms with van der Waals surface area (Å²) >= 11 is 2.88. The van der Waals surface area contributed by atoms with Crippen LogP contribution >= 0.6 is 15.9 Å². The molecule has 0 amide bonds. The molecule has 14 heavy (non-hydrogen) atoms. The van der Waals surface area contributed by atoms with Crippen LogP contribution in [0.2, 0.25) is 0 Å². The summed E-state index contributed by atoms with van der Waals surface area (Å²) in [7, 11) is -3.24. The molecule has 1 rings (SSSR count). The first-order chi connectivity index (χ1) is 6.59. The predicted molar refractivity (Wildman–Crippen MR) is 55.2 cm³/mol. The van der Waals surface area contributed by atoms with E-state index in [-0.39, 0.29) is 11.2 Å². The molecule has 0 aromatic carbocycles. The summed E-state index contributed by atoms with van der Waals surface area (Å²) in [4.78, 5) is 0. The van der Waals surface area contributed by atoms with Gasteiger partial charge >= 0.3 is 0 Å². The Hall–Kier alpha value is -0.470. The van der Waals surface area contributed by atoms with Crippen LogP contribution in [0.5, 0.6) is 0 Å². The van der Waals surface area contributed by atoms with Crippen LogP contribution in [-0.4, -0.2) is 27.8 Å². The van der Waals surface area contributed by atoms with Gasteiger partial charge in [0.2, 0.25) is 10.0 Å². The Balaban J connectivity index is 2.62. The monoisotopic (exact) mass is 282 g/mol. The molecule has 1 aromatic heterocycles. The molecular weight excluding hydrogens is 272 g/mol. The maximum atomic E-state index is 11.1. The number of nitrogens with one attached hydrogen (secondary N) is 1. The molecule has 0 aliphatic carbocycles. The number of sulfonamides is 1. The molecule has 0 saturated carbocycles. The topological polar surface area (TPSA) is 76.9 Å². The second-order valence-electron chi connectivity index (χ2n) is 2.58. The summed E-state index contributed by atoms with van der Waals surface area (Å²) in [5.41, 5.74) is 0. The average molecular weight is 283 g/mol. The minimum Gasteiger partial charge on any atom is -0.317 e. The van der Waals surface area contributed by atoms with Gasteiger partial charge in [-0.2, -0.15) is 0 Å². The van der Waals surface area contributed by atoms with Gasteiger partial charge in [0.1, 0.15) is 16.8 Å². The van der Waals surface area contributed by atoms with E-state index in [4.69, 9.17) is 0 Å². The number of aromatic nitrogens is 3. The summed E-state index contributed by atoms with van der Waals surface area (Å²) < 4.78 is 26.2. The Morgan fingerprint density at radius 1 is 1.64 bits per heavy atom. The molecule has 0 unspecified atom stereocenters. The highest BCUT2D eigenvalue weighted by atomic mass is 79.9. The van der Waals surface area contributed by atoms with Gasteiger partial charge in [0, 0.05) is 6.54 Å². The fourth-order valence-electron chi connectivity index (χ4n) is 0.893. The SMILES string of the molecule is CCn1cnnc1CNS(=O)(=O)CBr. The quantitative estimate of drug-likeness (QED) is 0.776. The molecule has 1 N–H and O–H groups in total. The van der Waals surface area contributed by atoms with Crippen molar-refractivity contribution < 1.29 is 8.42 Å². The highest BCUT2D eigenvalue weighted by Crippen LogP contribution is 1.97. The van der Waals surface area contributed by atoms with E-state index in [0.717, 1.165) is 6.54 Å². The van der Waals surface area contributed by atoms with E-state index in [2.05, 4.69) is 30.8 Å². The summed E-state index contributed by atoms with van der Waals surface area (Å²) in [6, 6.07) is 0. The largest absolute Gasteiger partial charge is 0.317 e. The molecule has 8 heteroatoms. The smallest absolute Gasteiger partial charge is 0.222 e. The fraction of sp³-hybridized carbons (Fsp3) is 0.667. The molecule has 1 heterocycles. The van der Waals surface area contributed by atoms with Gasteiger partial charge in [-0.3, -0.25) is 0 Å². The van der Waals surface area contributed by atoms with Crippen molar-refractivity contribution in [3.05, 3.63) is 12.2 Å². The first kappa shape index (κ1) is 11.6. The Labute approximate surface area is 90.9 Å². The number of rotatable bonds is 5. The van der Waals surface area contributed by atoms with Gasteiger partial charge < -0.3 is 4.57 Å². The van der Waals surface area contributed by atoms with Crippen molar-refractivity contribution in [1.29, 1.82) is 0 Å². The molecule has 0 aliphatic heterocycles. The Bertz CT molecular complexity index is 388. The molecule has 0 atom stereocenters. The van der Waals surface area contributed by atoms with E-state index >= 15 is 0 Å². The molecule has 0 radical (unpaired) electrons. The van der Waals surface area contributed by atoms with Crippen molar-refractivity contribution in [2.75, 3.05) is 4.66 Å². The second-order valence-corrected chi connectivity index (χ2v) is 5.69. The fourth-order valence-corrected chi connectivity index (χ4v) is 1.80. The van der Waals surface area contributed by atoms with Crippen LogP contribution in [0.25, 0.3) is 0 Å². The zero-order chi connectivity index (χ0) is 10.6. The van der Waals surface area contributed by atoms with Gasteiger partial charge in [-0.25, -0.2) is 13.1 Å². The van der Waals surface area contributed by atoms with Crippen molar-refractivity contribution in [2.24, 2.45) is 0 Å². The van der Waals surface area contributed by atoms with E-state index < -0.39 is 10.0 Å². The molecule has 1 aromatic rings. The lowest BCUT2D eigenvalue weighted by molar-refractivity contribution is 0.580. The number of hydrogen-bond acceptors (Lipinski definition) is 4. The first-order valence-electron chi connectivity index (χ1n) is 3.99. The Morgan fingerprint density at radius 3 is 2.93 bits per heavy atom. The maximum Gasteiger partial charge on any atom is 0.222 e. The first-order valence-corrected chi connectivity index (χ1v) is 6.76. The van der Waals surface area contributed by atoms with Crippen LogP contribution in [0.1, 0.15) is 12.7 Å². The van der Waals surface area contributed by atoms with Crippen molar-refractivity contribution in [1.82, 2.24) is 19.5 Å². The molecule has 0 saturated heterocycles. The molecule has 80 valence electrons. The number of nitrogens with zero attached hydrogens (tertiary/aromatic N) is 3. The standard InChI is InChI=1S/C6H11BrN4O2S/c1-2-11-5-8-10-6(11)3-9-14(12,13)4-7/h5,9H,2-4H2,1H3. The van der Waals surface area contributed by atoms with Gasteiger partial charge in [0.25, 0.3) is 0 Å². The average Bonchev–Trinajstić information content (AvgIpc) is 2.62. The zero-order valence-corrected chi connectivity index (χ0v) is 10.0. The third kappa shape index (κ3) is 3.03. The summed E-state index contributed by atoms with van der Waals surface area (Å²) in [6.07, 6.45) is 1.57. The summed E-state index contributed by atoms with van der Waals surface area (Å²) in [5, 5.41) is 7.48. The number of alkyl halides is 1. The van der Waals surface area contributed by atoms with Gasteiger partial charge in [-0.15, -0.1) is 10.2 Å². The number of halogens is 1. The van der Waals surface area contributed by atoms with Crippen LogP contribution < -0.4 is 4.72 Å². The van der Waals surface area contributed by atoms with Crippen LogP contribution in [0.4, 0.5) is 0 Å². The predicted octanol–water partition coefficient (Wildman–Crippen LogP) is 0.0698. The van der Waals surface area contributed by atoms with E-state index in [1.807, 2.05) is 6.92 Å². The minimum atomic E-state index is -3.24. The van der Waals surface area contributed by atoms with E-state index in [1.165, 1.54) is 0 Å². The lowest BCUT2D eigenvalue weighted by Crippen LogP contribution is -2.25. The minimum absolute atomic E-state index is 0.111. The molecule has 0 fully saturated rings. The van der Waals surface area contributed by atoms with Gasteiger partial charge in [-0.05, 0) is 6.92 Å². The molecular formula is C6H11BrN4O2S. The Morgan fingerprint density at radius 2 is 2.36 bits per heavy atom. The molecule has 0 spiro atoms. The third-order valence-corrected chi connectivity index (χ3v) is 4.31. The van der Waals surface area contributed by atoms with Crippen LogP contribution in [0.15, 0.2) is 6.33 Å². The number of hydrogen-bond donors (Lipinski definition) is 1. The van der Waals surface area contributed by atoms with E-state index in [1.54, 1.807) is 10.9 Å². The maximum absolute atomic E-state index is 11.1. The number of aryl methyl sites for hydroxylation is 1. The van der Waals surface area contributed by atoms with Crippen LogP contribution in [0.3, 0.4) is 0 Å². The summed E-state index contributed by atoms with van der Waals surface area (Å²) in [5.74, 6) is 0.608. The zero-order valence-electron chi connectivity index (χ0n) is 7.64. The molecule has 0 bridgehead atoms. The van der Waals surface area contributed by atoms with Gasteiger partial charge in [0.15, 0.2) is 0 Å². The van der Waals surface area contributed by atoms with E-state index in [0.29, 0.717) is 5.82 Å². The third-order valence-electron chi connectivity index (χ3n) is 1.63. The lowest BCUT2D eigenvalue weighted by atomic mass is 10.6.